The lowest BCUT2D eigenvalue weighted by atomic mass is 10.2. The van der Waals surface area contributed by atoms with E-state index in [1.165, 1.54) is 12.1 Å². The van der Waals surface area contributed by atoms with Crippen LogP contribution in [0.2, 0.25) is 0 Å². The lowest BCUT2D eigenvalue weighted by Gasteiger charge is -2.36. The van der Waals surface area contributed by atoms with Crippen LogP contribution in [0.25, 0.3) is 0 Å². The summed E-state index contributed by atoms with van der Waals surface area (Å²) < 4.78 is 13.0. The van der Waals surface area contributed by atoms with Crippen LogP contribution in [-0.4, -0.2) is 31.2 Å². The van der Waals surface area contributed by atoms with Crippen molar-refractivity contribution in [2.75, 3.05) is 36.0 Å². The Labute approximate surface area is 124 Å². The molecule has 3 rings (SSSR count). The second-order valence-corrected chi connectivity index (χ2v) is 5.18. The SMILES string of the molecule is NCc1ccnc(N2CCN(c3ccc(F)cc3)CC2)c1. The molecule has 2 aromatic rings. The summed E-state index contributed by atoms with van der Waals surface area (Å²) in [4.78, 5) is 8.95. The number of hydrogen-bond donors (Lipinski definition) is 1. The minimum absolute atomic E-state index is 0.194. The number of halogens is 1. The summed E-state index contributed by atoms with van der Waals surface area (Å²) in [6, 6.07) is 10.7. The van der Waals surface area contributed by atoms with Crippen LogP contribution in [0.15, 0.2) is 42.6 Å². The van der Waals surface area contributed by atoms with Gasteiger partial charge in [-0.2, -0.15) is 0 Å². The van der Waals surface area contributed by atoms with Crippen molar-refractivity contribution in [3.05, 3.63) is 54.0 Å². The molecule has 1 fully saturated rings. The Hall–Kier alpha value is -2.14. The molecule has 0 unspecified atom stereocenters. The molecule has 21 heavy (non-hydrogen) atoms. The Morgan fingerprint density at radius 3 is 2.33 bits per heavy atom. The first-order chi connectivity index (χ1) is 10.3. The number of nitrogens with zero attached hydrogens (tertiary/aromatic N) is 3. The first kappa shape index (κ1) is 13.8. The van der Waals surface area contributed by atoms with Crippen LogP contribution in [0, 0.1) is 5.82 Å². The van der Waals surface area contributed by atoms with E-state index < -0.39 is 0 Å². The molecule has 2 heterocycles. The number of aromatic nitrogens is 1. The van der Waals surface area contributed by atoms with E-state index in [2.05, 4.69) is 14.8 Å². The van der Waals surface area contributed by atoms with Gasteiger partial charge in [0.15, 0.2) is 0 Å². The molecule has 1 aromatic carbocycles. The van der Waals surface area contributed by atoms with Gasteiger partial charge in [0.05, 0.1) is 0 Å². The number of pyridine rings is 1. The average Bonchev–Trinajstić information content (AvgIpc) is 2.56. The van der Waals surface area contributed by atoms with Crippen molar-refractivity contribution in [1.29, 1.82) is 0 Å². The quantitative estimate of drug-likeness (QED) is 0.937. The van der Waals surface area contributed by atoms with Gasteiger partial charge in [0.2, 0.25) is 0 Å². The number of rotatable bonds is 3. The maximum atomic E-state index is 13.0. The topological polar surface area (TPSA) is 45.4 Å². The third-order valence-electron chi connectivity index (χ3n) is 3.84. The summed E-state index contributed by atoms with van der Waals surface area (Å²) in [6.07, 6.45) is 1.81. The molecule has 1 aliphatic heterocycles. The van der Waals surface area contributed by atoms with Gasteiger partial charge in [-0.3, -0.25) is 0 Å². The normalized spacial score (nSPS) is 15.3. The molecule has 0 saturated carbocycles. The number of anilines is 2. The third-order valence-corrected chi connectivity index (χ3v) is 3.84. The predicted molar refractivity (Wildman–Crippen MR) is 83.0 cm³/mol. The van der Waals surface area contributed by atoms with Gasteiger partial charge in [-0.05, 0) is 42.0 Å². The highest BCUT2D eigenvalue weighted by Crippen LogP contribution is 2.20. The van der Waals surface area contributed by atoms with E-state index >= 15 is 0 Å². The van der Waals surface area contributed by atoms with E-state index in [0.717, 1.165) is 43.2 Å². The highest BCUT2D eigenvalue weighted by Gasteiger charge is 2.18. The molecule has 1 saturated heterocycles. The zero-order chi connectivity index (χ0) is 14.7. The maximum absolute atomic E-state index is 13.0. The van der Waals surface area contributed by atoms with Gasteiger partial charge in [0.25, 0.3) is 0 Å². The maximum Gasteiger partial charge on any atom is 0.128 e. The predicted octanol–water partition coefficient (Wildman–Crippen LogP) is 2.01. The summed E-state index contributed by atoms with van der Waals surface area (Å²) in [5, 5.41) is 0. The number of hydrogen-bond acceptors (Lipinski definition) is 4. The lowest BCUT2D eigenvalue weighted by molar-refractivity contribution is 0.624. The van der Waals surface area contributed by atoms with Crippen molar-refractivity contribution in [2.24, 2.45) is 5.73 Å². The van der Waals surface area contributed by atoms with Crippen LogP contribution < -0.4 is 15.5 Å². The second-order valence-electron chi connectivity index (χ2n) is 5.18. The molecule has 4 nitrogen and oxygen atoms in total. The summed E-state index contributed by atoms with van der Waals surface area (Å²) in [5.41, 5.74) is 7.84. The summed E-state index contributed by atoms with van der Waals surface area (Å²) >= 11 is 0. The van der Waals surface area contributed by atoms with Crippen LogP contribution in [0.4, 0.5) is 15.9 Å². The molecule has 0 amide bonds. The molecule has 2 N–H and O–H groups in total. The summed E-state index contributed by atoms with van der Waals surface area (Å²) in [7, 11) is 0. The van der Waals surface area contributed by atoms with E-state index in [0.29, 0.717) is 6.54 Å². The molecule has 1 aliphatic rings. The average molecular weight is 286 g/mol. The fraction of sp³-hybridized carbons (Fsp3) is 0.312. The van der Waals surface area contributed by atoms with Gasteiger partial charge in [0.1, 0.15) is 11.6 Å². The van der Waals surface area contributed by atoms with Gasteiger partial charge >= 0.3 is 0 Å². The molecule has 0 atom stereocenters. The van der Waals surface area contributed by atoms with E-state index in [9.17, 15) is 4.39 Å². The fourth-order valence-electron chi connectivity index (χ4n) is 2.61. The van der Waals surface area contributed by atoms with Crippen LogP contribution in [0.3, 0.4) is 0 Å². The Bertz CT molecular complexity index is 591. The van der Waals surface area contributed by atoms with E-state index in [1.807, 2.05) is 30.5 Å². The van der Waals surface area contributed by atoms with E-state index in [1.54, 1.807) is 0 Å². The van der Waals surface area contributed by atoms with Crippen molar-refractivity contribution in [2.45, 2.75) is 6.54 Å². The van der Waals surface area contributed by atoms with Crippen molar-refractivity contribution in [1.82, 2.24) is 4.98 Å². The lowest BCUT2D eigenvalue weighted by Crippen LogP contribution is -2.46. The zero-order valence-electron chi connectivity index (χ0n) is 11.9. The number of nitrogens with two attached hydrogens (primary N) is 1. The van der Waals surface area contributed by atoms with Crippen molar-refractivity contribution in [3.63, 3.8) is 0 Å². The Kier molecular flexibility index (Phi) is 4.01. The third kappa shape index (κ3) is 3.13. The van der Waals surface area contributed by atoms with Crippen LogP contribution >= 0.6 is 0 Å². The fourth-order valence-corrected chi connectivity index (χ4v) is 2.61. The van der Waals surface area contributed by atoms with Gasteiger partial charge in [0, 0.05) is 44.6 Å². The molecular formula is C16H19FN4. The molecule has 0 spiro atoms. The van der Waals surface area contributed by atoms with Gasteiger partial charge in [-0.25, -0.2) is 9.37 Å². The first-order valence-electron chi connectivity index (χ1n) is 7.17. The van der Waals surface area contributed by atoms with Crippen LogP contribution in [-0.2, 0) is 6.54 Å². The molecule has 110 valence electrons. The van der Waals surface area contributed by atoms with Gasteiger partial charge in [-0.1, -0.05) is 0 Å². The van der Waals surface area contributed by atoms with Gasteiger partial charge < -0.3 is 15.5 Å². The number of piperazine rings is 1. The standard InChI is InChI=1S/C16H19FN4/c17-14-1-3-15(4-2-14)20-7-9-21(10-8-20)16-11-13(12-18)5-6-19-16/h1-6,11H,7-10,12,18H2. The van der Waals surface area contributed by atoms with Crippen molar-refractivity contribution < 1.29 is 4.39 Å². The van der Waals surface area contributed by atoms with Crippen molar-refractivity contribution >= 4 is 11.5 Å². The second kappa shape index (κ2) is 6.10. The zero-order valence-corrected chi connectivity index (χ0v) is 11.9. The van der Waals surface area contributed by atoms with Crippen LogP contribution in [0.5, 0.6) is 0 Å². The smallest absolute Gasteiger partial charge is 0.128 e. The van der Waals surface area contributed by atoms with E-state index in [-0.39, 0.29) is 5.82 Å². The molecule has 0 radical (unpaired) electrons. The summed E-state index contributed by atoms with van der Waals surface area (Å²) in [6.45, 7) is 4.14. The largest absolute Gasteiger partial charge is 0.368 e. The highest BCUT2D eigenvalue weighted by atomic mass is 19.1. The highest BCUT2D eigenvalue weighted by molar-refractivity contribution is 5.49. The molecule has 5 heteroatoms. The Balaban J connectivity index is 1.65. The van der Waals surface area contributed by atoms with Gasteiger partial charge in [-0.15, -0.1) is 0 Å². The molecule has 1 aromatic heterocycles. The minimum atomic E-state index is -0.194. The Morgan fingerprint density at radius 2 is 1.67 bits per heavy atom. The number of benzene rings is 1. The van der Waals surface area contributed by atoms with E-state index in [4.69, 9.17) is 5.73 Å². The van der Waals surface area contributed by atoms with Crippen LogP contribution in [0.1, 0.15) is 5.56 Å². The monoisotopic (exact) mass is 286 g/mol. The first-order valence-corrected chi connectivity index (χ1v) is 7.17. The molecular weight excluding hydrogens is 267 g/mol. The minimum Gasteiger partial charge on any atom is -0.368 e. The van der Waals surface area contributed by atoms with Crippen molar-refractivity contribution in [3.8, 4) is 0 Å². The molecule has 0 bridgehead atoms. The molecule has 0 aliphatic carbocycles. The summed E-state index contributed by atoms with van der Waals surface area (Å²) in [5.74, 6) is 0.789. The Morgan fingerprint density at radius 1 is 1.00 bits per heavy atom.